The molecule has 0 amide bonds. The normalized spacial score (nSPS) is 10.8. The fourth-order valence-corrected chi connectivity index (χ4v) is 3.24. The molecule has 0 aliphatic rings. The van der Waals surface area contributed by atoms with Crippen molar-refractivity contribution in [1.29, 1.82) is 0 Å². The summed E-state index contributed by atoms with van der Waals surface area (Å²) in [4.78, 5) is 4.36. The summed E-state index contributed by atoms with van der Waals surface area (Å²) in [6.07, 6.45) is 1.68. The summed E-state index contributed by atoms with van der Waals surface area (Å²) in [6.45, 7) is 2.06. The van der Waals surface area contributed by atoms with Gasteiger partial charge in [-0.05, 0) is 48.9 Å². The van der Waals surface area contributed by atoms with Crippen LogP contribution in [0.2, 0.25) is 0 Å². The third-order valence-electron chi connectivity index (χ3n) is 3.17. The topological polar surface area (TPSA) is 50.9 Å². The standard InChI is InChI=1S/C16H13Br2N3/c1-9-4-11(18)6-12(5-9)21-16-13-7-10(17)2-3-15(13)20-8-14(16)19/h2-8H,19H2,1H3,(H,20,21). The summed E-state index contributed by atoms with van der Waals surface area (Å²) in [7, 11) is 0. The zero-order chi connectivity index (χ0) is 15.0. The summed E-state index contributed by atoms with van der Waals surface area (Å²) in [5.74, 6) is 0. The fourth-order valence-electron chi connectivity index (χ4n) is 2.27. The van der Waals surface area contributed by atoms with E-state index in [0.717, 1.165) is 31.2 Å². The average molecular weight is 407 g/mol. The van der Waals surface area contributed by atoms with Gasteiger partial charge in [0.2, 0.25) is 0 Å². The number of anilines is 3. The number of fused-ring (bicyclic) bond motifs is 1. The smallest absolute Gasteiger partial charge is 0.0746 e. The van der Waals surface area contributed by atoms with Crippen LogP contribution in [-0.4, -0.2) is 4.98 Å². The summed E-state index contributed by atoms with van der Waals surface area (Å²) in [5, 5.41) is 4.40. The number of nitrogens with one attached hydrogen (secondary N) is 1. The molecule has 0 atom stereocenters. The van der Waals surface area contributed by atoms with Crippen LogP contribution >= 0.6 is 31.9 Å². The monoisotopic (exact) mass is 405 g/mol. The number of pyridine rings is 1. The van der Waals surface area contributed by atoms with Crippen LogP contribution in [0.25, 0.3) is 10.9 Å². The van der Waals surface area contributed by atoms with Crippen molar-refractivity contribution in [1.82, 2.24) is 4.98 Å². The predicted molar refractivity (Wildman–Crippen MR) is 96.0 cm³/mol. The molecule has 0 aliphatic carbocycles. The lowest BCUT2D eigenvalue weighted by atomic mass is 10.1. The number of hydrogen-bond donors (Lipinski definition) is 2. The quantitative estimate of drug-likeness (QED) is 0.599. The lowest BCUT2D eigenvalue weighted by molar-refractivity contribution is 1.39. The van der Waals surface area contributed by atoms with Crippen LogP contribution in [0, 0.1) is 6.92 Å². The van der Waals surface area contributed by atoms with Crippen LogP contribution < -0.4 is 11.1 Å². The minimum atomic E-state index is 0.623. The van der Waals surface area contributed by atoms with Crippen LogP contribution in [0.15, 0.2) is 51.5 Å². The van der Waals surface area contributed by atoms with Gasteiger partial charge in [-0.1, -0.05) is 31.9 Å². The summed E-state index contributed by atoms with van der Waals surface area (Å²) in [6, 6.07) is 12.1. The van der Waals surface area contributed by atoms with E-state index in [2.05, 4.69) is 61.2 Å². The number of rotatable bonds is 2. The predicted octanol–water partition coefficient (Wildman–Crippen LogP) is 5.39. The Hall–Kier alpha value is -1.59. The van der Waals surface area contributed by atoms with E-state index in [-0.39, 0.29) is 0 Å². The van der Waals surface area contributed by atoms with Crippen molar-refractivity contribution in [2.75, 3.05) is 11.1 Å². The Morgan fingerprint density at radius 2 is 1.86 bits per heavy atom. The first-order valence-electron chi connectivity index (χ1n) is 6.41. The minimum Gasteiger partial charge on any atom is -0.396 e. The van der Waals surface area contributed by atoms with E-state index in [9.17, 15) is 0 Å². The molecule has 1 aromatic heterocycles. The van der Waals surface area contributed by atoms with Crippen LogP contribution in [0.5, 0.6) is 0 Å². The Morgan fingerprint density at radius 3 is 2.62 bits per heavy atom. The Labute approximate surface area is 139 Å². The first kappa shape index (κ1) is 14.4. The molecule has 0 bridgehead atoms. The molecule has 3 nitrogen and oxygen atoms in total. The Morgan fingerprint density at radius 1 is 1.05 bits per heavy atom. The van der Waals surface area contributed by atoms with E-state index < -0.39 is 0 Å². The van der Waals surface area contributed by atoms with Crippen molar-refractivity contribution in [3.63, 3.8) is 0 Å². The minimum absolute atomic E-state index is 0.623. The molecule has 0 saturated carbocycles. The fraction of sp³-hybridized carbons (Fsp3) is 0.0625. The molecule has 0 spiro atoms. The molecule has 1 heterocycles. The number of aryl methyl sites for hydroxylation is 1. The number of aromatic nitrogens is 1. The van der Waals surface area contributed by atoms with E-state index >= 15 is 0 Å². The summed E-state index contributed by atoms with van der Waals surface area (Å²) in [5.41, 5.74) is 10.7. The molecule has 2 aromatic carbocycles. The lowest BCUT2D eigenvalue weighted by Crippen LogP contribution is -1.99. The summed E-state index contributed by atoms with van der Waals surface area (Å²) >= 11 is 7.01. The molecule has 0 fully saturated rings. The maximum atomic E-state index is 6.11. The third kappa shape index (κ3) is 3.04. The second kappa shape index (κ2) is 5.66. The highest BCUT2D eigenvalue weighted by Gasteiger charge is 2.08. The van der Waals surface area contributed by atoms with Gasteiger partial charge in [0.25, 0.3) is 0 Å². The molecular formula is C16H13Br2N3. The molecule has 21 heavy (non-hydrogen) atoms. The molecule has 3 rings (SSSR count). The molecule has 0 radical (unpaired) electrons. The van der Waals surface area contributed by atoms with Crippen molar-refractivity contribution in [3.05, 3.63) is 57.1 Å². The lowest BCUT2D eigenvalue weighted by Gasteiger charge is -2.13. The van der Waals surface area contributed by atoms with Crippen molar-refractivity contribution in [2.24, 2.45) is 0 Å². The second-order valence-electron chi connectivity index (χ2n) is 4.89. The maximum absolute atomic E-state index is 6.11. The molecule has 0 saturated heterocycles. The Bertz CT molecular complexity index is 806. The number of halogens is 2. The summed E-state index contributed by atoms with van der Waals surface area (Å²) < 4.78 is 2.03. The van der Waals surface area contributed by atoms with Gasteiger partial charge in [-0.15, -0.1) is 0 Å². The number of nitrogens with two attached hydrogens (primary N) is 1. The van der Waals surface area contributed by atoms with Gasteiger partial charge in [-0.25, -0.2) is 0 Å². The van der Waals surface area contributed by atoms with E-state index in [4.69, 9.17) is 5.73 Å². The average Bonchev–Trinajstić information content (AvgIpc) is 2.41. The van der Waals surface area contributed by atoms with Crippen LogP contribution in [0.4, 0.5) is 17.1 Å². The molecular weight excluding hydrogens is 394 g/mol. The van der Waals surface area contributed by atoms with Crippen LogP contribution in [0.1, 0.15) is 5.56 Å². The van der Waals surface area contributed by atoms with E-state index in [1.165, 1.54) is 5.56 Å². The highest BCUT2D eigenvalue weighted by atomic mass is 79.9. The van der Waals surface area contributed by atoms with Crippen molar-refractivity contribution >= 4 is 59.8 Å². The van der Waals surface area contributed by atoms with Crippen molar-refractivity contribution < 1.29 is 0 Å². The molecule has 0 unspecified atom stereocenters. The first-order chi connectivity index (χ1) is 10.0. The number of nitrogens with zero attached hydrogens (tertiary/aromatic N) is 1. The largest absolute Gasteiger partial charge is 0.396 e. The number of benzene rings is 2. The Balaban J connectivity index is 2.15. The SMILES string of the molecule is Cc1cc(Br)cc(Nc2c(N)cnc3ccc(Br)cc23)c1. The van der Waals surface area contributed by atoms with Gasteiger partial charge in [0.05, 0.1) is 23.1 Å². The maximum Gasteiger partial charge on any atom is 0.0746 e. The molecule has 3 N–H and O–H groups in total. The second-order valence-corrected chi connectivity index (χ2v) is 6.72. The molecule has 0 aliphatic heterocycles. The molecule has 5 heteroatoms. The van der Waals surface area contributed by atoms with Gasteiger partial charge in [0.15, 0.2) is 0 Å². The highest BCUT2D eigenvalue weighted by molar-refractivity contribution is 9.10. The van der Waals surface area contributed by atoms with Crippen molar-refractivity contribution in [2.45, 2.75) is 6.92 Å². The first-order valence-corrected chi connectivity index (χ1v) is 7.99. The van der Waals surface area contributed by atoms with Gasteiger partial charge in [0, 0.05) is 20.0 Å². The van der Waals surface area contributed by atoms with Gasteiger partial charge < -0.3 is 11.1 Å². The van der Waals surface area contributed by atoms with Gasteiger partial charge in [-0.3, -0.25) is 4.98 Å². The van der Waals surface area contributed by atoms with Gasteiger partial charge in [-0.2, -0.15) is 0 Å². The van der Waals surface area contributed by atoms with Crippen molar-refractivity contribution in [3.8, 4) is 0 Å². The zero-order valence-electron chi connectivity index (χ0n) is 11.3. The molecule has 106 valence electrons. The van der Waals surface area contributed by atoms with Crippen LogP contribution in [0.3, 0.4) is 0 Å². The van der Waals surface area contributed by atoms with E-state index in [1.54, 1.807) is 6.20 Å². The third-order valence-corrected chi connectivity index (χ3v) is 4.12. The van der Waals surface area contributed by atoms with Crippen LogP contribution in [-0.2, 0) is 0 Å². The highest BCUT2D eigenvalue weighted by Crippen LogP contribution is 2.33. The number of nitrogen functional groups attached to an aromatic ring is 1. The Kier molecular flexibility index (Phi) is 3.87. The number of hydrogen-bond acceptors (Lipinski definition) is 3. The molecule has 3 aromatic rings. The van der Waals surface area contributed by atoms with Gasteiger partial charge in [0.1, 0.15) is 0 Å². The van der Waals surface area contributed by atoms with Gasteiger partial charge >= 0.3 is 0 Å². The zero-order valence-corrected chi connectivity index (χ0v) is 14.5. The van der Waals surface area contributed by atoms with E-state index in [0.29, 0.717) is 5.69 Å². The van der Waals surface area contributed by atoms with E-state index in [1.807, 2.05) is 24.3 Å².